The summed E-state index contributed by atoms with van der Waals surface area (Å²) in [5, 5.41) is 3.11. The third-order valence-electron chi connectivity index (χ3n) is 3.64. The number of nitrogens with one attached hydrogen (secondary N) is 2. The van der Waals surface area contributed by atoms with E-state index < -0.39 is 0 Å². The number of nitrogens with zero attached hydrogens (tertiary/aromatic N) is 1. The maximum Gasteiger partial charge on any atom is 0.241 e. The molecular weight excluding hydrogens is 226 g/mol. The van der Waals surface area contributed by atoms with Gasteiger partial charge in [-0.05, 0) is 38.8 Å². The van der Waals surface area contributed by atoms with Gasteiger partial charge in [-0.3, -0.25) is 9.47 Å². The number of carbonyl (C=O) groups is 1. The van der Waals surface area contributed by atoms with Crippen LogP contribution in [0, 0.1) is 13.8 Å². The third kappa shape index (κ3) is 3.28. The van der Waals surface area contributed by atoms with E-state index in [1.54, 1.807) is 0 Å². The molecule has 1 aliphatic carbocycles. The Balaban J connectivity index is 1.77. The van der Waals surface area contributed by atoms with Crippen LogP contribution in [-0.2, 0) is 4.79 Å². The Bertz CT molecular complexity index is 386. The lowest BCUT2D eigenvalue weighted by Crippen LogP contribution is -2.41. The summed E-state index contributed by atoms with van der Waals surface area (Å²) in [6.45, 7) is 4.39. The lowest BCUT2D eigenvalue weighted by atomic mass is 9.95. The van der Waals surface area contributed by atoms with Crippen LogP contribution in [0.15, 0.2) is 12.1 Å². The van der Waals surface area contributed by atoms with Gasteiger partial charge < -0.3 is 10.7 Å². The predicted molar refractivity (Wildman–Crippen MR) is 73.1 cm³/mol. The molecular formula is C14H23N3O. The van der Waals surface area contributed by atoms with Crippen molar-refractivity contribution >= 4 is 5.91 Å². The van der Waals surface area contributed by atoms with Crippen molar-refractivity contribution in [3.05, 3.63) is 23.5 Å². The van der Waals surface area contributed by atoms with Crippen molar-refractivity contribution in [3.63, 3.8) is 0 Å². The van der Waals surface area contributed by atoms with E-state index in [9.17, 15) is 4.79 Å². The number of aryl methyl sites for hydroxylation is 2. The third-order valence-corrected chi connectivity index (χ3v) is 3.64. The fourth-order valence-electron chi connectivity index (χ4n) is 2.59. The molecule has 4 heteroatoms. The van der Waals surface area contributed by atoms with Crippen molar-refractivity contribution in [2.45, 2.75) is 52.0 Å². The lowest BCUT2D eigenvalue weighted by Gasteiger charge is -2.23. The van der Waals surface area contributed by atoms with Crippen LogP contribution in [0.4, 0.5) is 0 Å². The molecule has 0 saturated heterocycles. The average molecular weight is 249 g/mol. The normalized spacial score (nSPS) is 16.6. The first-order valence-corrected chi connectivity index (χ1v) is 6.85. The van der Waals surface area contributed by atoms with Crippen LogP contribution in [0.3, 0.4) is 0 Å². The summed E-state index contributed by atoms with van der Waals surface area (Å²) in [5.74, 6) is 0.0920. The highest BCUT2D eigenvalue weighted by molar-refractivity contribution is 5.79. The quantitative estimate of drug-likeness (QED) is 0.858. The molecule has 0 spiro atoms. The van der Waals surface area contributed by atoms with Crippen LogP contribution in [0.5, 0.6) is 0 Å². The summed E-state index contributed by atoms with van der Waals surface area (Å²) in [7, 11) is 0. The molecule has 1 amide bonds. The monoisotopic (exact) mass is 249 g/mol. The standard InChI is InChI=1S/C14H23N3O/c1-11-8-9-12(2)17(11)15-10-14(18)16-13-6-4-3-5-7-13/h8-9,13,15H,3-7,10H2,1-2H3,(H,16,18). The Morgan fingerprint density at radius 2 is 1.83 bits per heavy atom. The van der Waals surface area contributed by atoms with Crippen LogP contribution in [0.25, 0.3) is 0 Å². The number of aromatic nitrogens is 1. The van der Waals surface area contributed by atoms with Crippen LogP contribution in [0.1, 0.15) is 43.5 Å². The zero-order chi connectivity index (χ0) is 13.0. The molecule has 0 unspecified atom stereocenters. The van der Waals surface area contributed by atoms with E-state index in [2.05, 4.69) is 10.7 Å². The van der Waals surface area contributed by atoms with E-state index in [0.29, 0.717) is 12.6 Å². The van der Waals surface area contributed by atoms with Gasteiger partial charge in [0.15, 0.2) is 0 Å². The predicted octanol–water partition coefficient (Wildman–Crippen LogP) is 2.10. The lowest BCUT2D eigenvalue weighted by molar-refractivity contribution is -0.120. The average Bonchev–Trinajstić information content (AvgIpc) is 2.68. The summed E-state index contributed by atoms with van der Waals surface area (Å²) in [5.41, 5.74) is 5.40. The molecule has 0 atom stereocenters. The Morgan fingerprint density at radius 1 is 1.22 bits per heavy atom. The maximum absolute atomic E-state index is 11.8. The number of amides is 1. The van der Waals surface area contributed by atoms with E-state index in [4.69, 9.17) is 0 Å². The molecule has 1 heterocycles. The van der Waals surface area contributed by atoms with Gasteiger partial charge in [-0.1, -0.05) is 19.3 Å². The number of carbonyl (C=O) groups excluding carboxylic acids is 1. The van der Waals surface area contributed by atoms with Gasteiger partial charge in [-0.2, -0.15) is 0 Å². The minimum Gasteiger partial charge on any atom is -0.352 e. The molecule has 0 aliphatic heterocycles. The van der Waals surface area contributed by atoms with Gasteiger partial charge in [0.05, 0.1) is 0 Å². The van der Waals surface area contributed by atoms with Crippen molar-refractivity contribution in [2.75, 3.05) is 12.0 Å². The summed E-state index contributed by atoms with van der Waals surface area (Å²) in [4.78, 5) is 11.8. The number of hydrogen-bond acceptors (Lipinski definition) is 2. The van der Waals surface area contributed by atoms with Crippen LogP contribution < -0.4 is 10.7 Å². The van der Waals surface area contributed by atoms with Gasteiger partial charge in [-0.25, -0.2) is 0 Å². The van der Waals surface area contributed by atoms with E-state index in [-0.39, 0.29) is 5.91 Å². The first-order valence-electron chi connectivity index (χ1n) is 6.85. The van der Waals surface area contributed by atoms with E-state index >= 15 is 0 Å². The molecule has 2 rings (SSSR count). The first-order chi connectivity index (χ1) is 8.66. The zero-order valence-electron chi connectivity index (χ0n) is 11.3. The largest absolute Gasteiger partial charge is 0.352 e. The molecule has 4 nitrogen and oxygen atoms in total. The molecule has 100 valence electrons. The van der Waals surface area contributed by atoms with Crippen molar-refractivity contribution in [1.82, 2.24) is 9.99 Å². The topological polar surface area (TPSA) is 46.1 Å². The van der Waals surface area contributed by atoms with Gasteiger partial charge in [0, 0.05) is 17.4 Å². The van der Waals surface area contributed by atoms with Gasteiger partial charge in [0.2, 0.25) is 5.91 Å². The van der Waals surface area contributed by atoms with E-state index in [1.807, 2.05) is 30.7 Å². The molecule has 0 aromatic carbocycles. The minimum absolute atomic E-state index is 0.0920. The molecule has 1 aliphatic rings. The van der Waals surface area contributed by atoms with Gasteiger partial charge in [0.1, 0.15) is 6.54 Å². The Kier molecular flexibility index (Phi) is 4.28. The highest BCUT2D eigenvalue weighted by atomic mass is 16.2. The Hall–Kier alpha value is -1.45. The molecule has 1 aromatic rings. The van der Waals surface area contributed by atoms with Crippen molar-refractivity contribution in [1.29, 1.82) is 0 Å². The number of hydrogen-bond donors (Lipinski definition) is 2. The second-order valence-electron chi connectivity index (χ2n) is 5.19. The molecule has 1 fully saturated rings. The fraction of sp³-hybridized carbons (Fsp3) is 0.643. The molecule has 2 N–H and O–H groups in total. The van der Waals surface area contributed by atoms with Crippen molar-refractivity contribution < 1.29 is 4.79 Å². The van der Waals surface area contributed by atoms with E-state index in [1.165, 1.54) is 19.3 Å². The highest BCUT2D eigenvalue weighted by Crippen LogP contribution is 2.17. The number of rotatable bonds is 4. The first kappa shape index (κ1) is 13.0. The molecule has 1 aromatic heterocycles. The highest BCUT2D eigenvalue weighted by Gasteiger charge is 2.15. The second-order valence-corrected chi connectivity index (χ2v) is 5.19. The van der Waals surface area contributed by atoms with Gasteiger partial charge in [0.25, 0.3) is 0 Å². The minimum atomic E-state index is 0.0920. The van der Waals surface area contributed by atoms with Gasteiger partial charge in [-0.15, -0.1) is 0 Å². The molecule has 0 radical (unpaired) electrons. The zero-order valence-corrected chi connectivity index (χ0v) is 11.3. The van der Waals surface area contributed by atoms with Crippen molar-refractivity contribution in [3.8, 4) is 0 Å². The van der Waals surface area contributed by atoms with Crippen LogP contribution in [-0.4, -0.2) is 23.2 Å². The Morgan fingerprint density at radius 3 is 2.44 bits per heavy atom. The smallest absolute Gasteiger partial charge is 0.241 e. The van der Waals surface area contributed by atoms with E-state index in [0.717, 1.165) is 24.2 Å². The van der Waals surface area contributed by atoms with Crippen LogP contribution in [0.2, 0.25) is 0 Å². The molecule has 18 heavy (non-hydrogen) atoms. The summed E-state index contributed by atoms with van der Waals surface area (Å²) >= 11 is 0. The maximum atomic E-state index is 11.8. The summed E-state index contributed by atoms with van der Waals surface area (Å²) in [6, 6.07) is 4.47. The fourth-order valence-corrected chi connectivity index (χ4v) is 2.59. The molecule has 1 saturated carbocycles. The van der Waals surface area contributed by atoms with Crippen molar-refractivity contribution in [2.24, 2.45) is 0 Å². The van der Waals surface area contributed by atoms with Crippen LogP contribution >= 0.6 is 0 Å². The SMILES string of the molecule is Cc1ccc(C)n1NCC(=O)NC1CCCCC1. The summed E-state index contributed by atoms with van der Waals surface area (Å²) in [6.07, 6.45) is 6.06. The molecule has 0 bridgehead atoms. The Labute approximate surface area is 109 Å². The summed E-state index contributed by atoms with van der Waals surface area (Å²) < 4.78 is 1.96. The van der Waals surface area contributed by atoms with Gasteiger partial charge >= 0.3 is 0 Å². The second kappa shape index (κ2) is 5.94.